The van der Waals surface area contributed by atoms with Crippen LogP contribution in [-0.4, -0.2) is 33.4 Å². The predicted octanol–water partition coefficient (Wildman–Crippen LogP) is 4.97. The van der Waals surface area contributed by atoms with Crippen LogP contribution in [0, 0.1) is 13.8 Å². The Hall–Kier alpha value is -3.36. The quantitative estimate of drug-likeness (QED) is 0.441. The Bertz CT molecular complexity index is 1310. The van der Waals surface area contributed by atoms with Crippen LogP contribution in [-0.2, 0) is 19.6 Å². The van der Waals surface area contributed by atoms with Crippen LogP contribution < -0.4 is 9.62 Å². The number of nitrogens with one attached hydrogen (secondary N) is 1. The first-order valence-corrected chi connectivity index (χ1v) is 12.4. The number of aryl methyl sites for hydroxylation is 2. The molecule has 0 atom stereocenters. The van der Waals surface area contributed by atoms with Crippen LogP contribution >= 0.6 is 11.6 Å². The van der Waals surface area contributed by atoms with Gasteiger partial charge in [-0.3, -0.25) is 9.10 Å². The molecule has 3 rings (SSSR count). The highest BCUT2D eigenvalue weighted by Crippen LogP contribution is 2.29. The van der Waals surface area contributed by atoms with Gasteiger partial charge < -0.3 is 10.1 Å². The Morgan fingerprint density at radius 1 is 0.971 bits per heavy atom. The van der Waals surface area contributed by atoms with Gasteiger partial charge in [-0.1, -0.05) is 35.9 Å². The van der Waals surface area contributed by atoms with Crippen molar-refractivity contribution < 1.29 is 22.7 Å². The van der Waals surface area contributed by atoms with Gasteiger partial charge in [0.15, 0.2) is 0 Å². The standard InChI is InChI=1S/C25H25ClN2O5S/c1-4-33-25(30)19-11-13-22(18(3)14-19)27-24(29)16-28(23-15-20(26)12-10-17(23)2)34(31,32)21-8-6-5-7-9-21/h5-15H,4,16H2,1-3H3,(H,27,29). The van der Waals surface area contributed by atoms with Crippen LogP contribution in [0.5, 0.6) is 0 Å². The summed E-state index contributed by atoms with van der Waals surface area (Å²) in [7, 11) is -4.06. The van der Waals surface area contributed by atoms with Crippen molar-refractivity contribution in [2.75, 3.05) is 22.8 Å². The number of nitrogens with zero attached hydrogens (tertiary/aromatic N) is 1. The normalized spacial score (nSPS) is 11.1. The third-order valence-corrected chi connectivity index (χ3v) is 7.08. The number of sulfonamides is 1. The molecule has 0 unspecified atom stereocenters. The molecule has 3 aromatic rings. The minimum Gasteiger partial charge on any atom is -0.462 e. The summed E-state index contributed by atoms with van der Waals surface area (Å²) in [6.45, 7) is 4.98. The Balaban J connectivity index is 1.92. The van der Waals surface area contributed by atoms with E-state index < -0.39 is 28.4 Å². The second kappa shape index (κ2) is 10.7. The SMILES string of the molecule is CCOC(=O)c1ccc(NC(=O)CN(c2cc(Cl)ccc2C)S(=O)(=O)c2ccccc2)c(C)c1. The number of halogens is 1. The van der Waals surface area contributed by atoms with Gasteiger partial charge in [-0.25, -0.2) is 13.2 Å². The van der Waals surface area contributed by atoms with E-state index in [1.54, 1.807) is 69.3 Å². The number of hydrogen-bond donors (Lipinski definition) is 1. The average molecular weight is 501 g/mol. The van der Waals surface area contributed by atoms with E-state index in [9.17, 15) is 18.0 Å². The molecule has 178 valence electrons. The van der Waals surface area contributed by atoms with Crippen LogP contribution in [0.15, 0.2) is 71.6 Å². The van der Waals surface area contributed by atoms with E-state index in [1.807, 2.05) is 0 Å². The zero-order valence-electron chi connectivity index (χ0n) is 19.0. The summed E-state index contributed by atoms with van der Waals surface area (Å²) < 4.78 is 33.0. The monoisotopic (exact) mass is 500 g/mol. The molecule has 34 heavy (non-hydrogen) atoms. The lowest BCUT2D eigenvalue weighted by molar-refractivity contribution is -0.114. The second-order valence-electron chi connectivity index (χ2n) is 7.55. The van der Waals surface area contributed by atoms with Crippen molar-refractivity contribution in [1.82, 2.24) is 0 Å². The van der Waals surface area contributed by atoms with Crippen LogP contribution in [0.4, 0.5) is 11.4 Å². The fourth-order valence-electron chi connectivity index (χ4n) is 3.34. The summed E-state index contributed by atoms with van der Waals surface area (Å²) in [6, 6.07) is 17.5. The van der Waals surface area contributed by atoms with Crippen molar-refractivity contribution in [1.29, 1.82) is 0 Å². The van der Waals surface area contributed by atoms with Crippen LogP contribution in [0.2, 0.25) is 5.02 Å². The highest BCUT2D eigenvalue weighted by Gasteiger charge is 2.28. The van der Waals surface area contributed by atoms with Gasteiger partial charge in [0.05, 0.1) is 22.8 Å². The van der Waals surface area contributed by atoms with Gasteiger partial charge in [-0.15, -0.1) is 0 Å². The molecule has 7 nitrogen and oxygen atoms in total. The maximum absolute atomic E-state index is 13.5. The molecule has 0 saturated heterocycles. The molecule has 0 radical (unpaired) electrons. The van der Waals surface area contributed by atoms with Gasteiger partial charge >= 0.3 is 5.97 Å². The number of amides is 1. The first-order valence-electron chi connectivity index (χ1n) is 10.5. The van der Waals surface area contributed by atoms with Gasteiger partial charge in [-0.2, -0.15) is 0 Å². The number of hydrogen-bond acceptors (Lipinski definition) is 5. The van der Waals surface area contributed by atoms with Crippen molar-refractivity contribution in [3.63, 3.8) is 0 Å². The smallest absolute Gasteiger partial charge is 0.338 e. The van der Waals surface area contributed by atoms with E-state index >= 15 is 0 Å². The molecule has 0 aromatic heterocycles. The van der Waals surface area contributed by atoms with Crippen molar-refractivity contribution in [3.05, 3.63) is 88.4 Å². The van der Waals surface area contributed by atoms with Crippen molar-refractivity contribution in [3.8, 4) is 0 Å². The van der Waals surface area contributed by atoms with Gasteiger partial charge in [0.2, 0.25) is 5.91 Å². The molecule has 0 aliphatic rings. The number of ether oxygens (including phenoxy) is 1. The summed E-state index contributed by atoms with van der Waals surface area (Å²) in [5.74, 6) is -1.01. The Kier molecular flexibility index (Phi) is 7.96. The maximum atomic E-state index is 13.5. The van der Waals surface area contributed by atoms with Gasteiger partial charge in [-0.05, 0) is 74.4 Å². The fraction of sp³-hybridized carbons (Fsp3) is 0.200. The molecule has 3 aromatic carbocycles. The largest absolute Gasteiger partial charge is 0.462 e. The Morgan fingerprint density at radius 2 is 1.68 bits per heavy atom. The van der Waals surface area contributed by atoms with Gasteiger partial charge in [0, 0.05) is 10.7 Å². The van der Waals surface area contributed by atoms with E-state index in [0.29, 0.717) is 33.1 Å². The molecule has 0 bridgehead atoms. The molecule has 0 aliphatic carbocycles. The first-order chi connectivity index (χ1) is 16.1. The fourth-order valence-corrected chi connectivity index (χ4v) is 5.00. The number of esters is 1. The van der Waals surface area contributed by atoms with E-state index in [2.05, 4.69) is 5.32 Å². The van der Waals surface area contributed by atoms with Crippen molar-refractivity contribution >= 4 is 44.9 Å². The maximum Gasteiger partial charge on any atom is 0.338 e. The molecule has 1 N–H and O–H groups in total. The Morgan fingerprint density at radius 3 is 2.32 bits per heavy atom. The molecular formula is C25H25ClN2O5S. The van der Waals surface area contributed by atoms with E-state index in [-0.39, 0.29) is 11.5 Å². The number of carbonyl (C=O) groups excluding carboxylic acids is 2. The molecule has 0 saturated carbocycles. The zero-order valence-corrected chi connectivity index (χ0v) is 20.6. The lowest BCUT2D eigenvalue weighted by Gasteiger charge is -2.26. The number of rotatable bonds is 8. The minimum atomic E-state index is -4.06. The predicted molar refractivity (Wildman–Crippen MR) is 133 cm³/mol. The molecular weight excluding hydrogens is 476 g/mol. The number of carbonyl (C=O) groups is 2. The van der Waals surface area contributed by atoms with E-state index in [1.165, 1.54) is 18.2 Å². The lowest BCUT2D eigenvalue weighted by atomic mass is 10.1. The minimum absolute atomic E-state index is 0.0529. The summed E-state index contributed by atoms with van der Waals surface area (Å²) in [5.41, 5.74) is 2.40. The summed E-state index contributed by atoms with van der Waals surface area (Å²) in [5, 5.41) is 3.08. The molecule has 1 amide bonds. The molecule has 9 heteroatoms. The highest BCUT2D eigenvalue weighted by molar-refractivity contribution is 7.92. The van der Waals surface area contributed by atoms with Crippen LogP contribution in [0.1, 0.15) is 28.4 Å². The van der Waals surface area contributed by atoms with Crippen molar-refractivity contribution in [2.24, 2.45) is 0 Å². The molecule has 0 aliphatic heterocycles. The molecule has 0 heterocycles. The van der Waals surface area contributed by atoms with Crippen LogP contribution in [0.25, 0.3) is 0 Å². The van der Waals surface area contributed by atoms with Gasteiger partial charge in [0.25, 0.3) is 10.0 Å². The summed E-state index contributed by atoms with van der Waals surface area (Å²) in [4.78, 5) is 25.0. The average Bonchev–Trinajstić information content (AvgIpc) is 2.81. The summed E-state index contributed by atoms with van der Waals surface area (Å²) >= 11 is 6.15. The first kappa shape index (κ1) is 25.3. The zero-order chi connectivity index (χ0) is 24.9. The second-order valence-corrected chi connectivity index (χ2v) is 9.85. The summed E-state index contributed by atoms with van der Waals surface area (Å²) in [6.07, 6.45) is 0. The molecule has 0 spiro atoms. The number of anilines is 2. The topological polar surface area (TPSA) is 92.8 Å². The third-order valence-electron chi connectivity index (χ3n) is 5.07. The highest BCUT2D eigenvalue weighted by atomic mass is 35.5. The van der Waals surface area contributed by atoms with E-state index in [4.69, 9.17) is 16.3 Å². The van der Waals surface area contributed by atoms with Crippen LogP contribution in [0.3, 0.4) is 0 Å². The lowest BCUT2D eigenvalue weighted by Crippen LogP contribution is -2.38. The van der Waals surface area contributed by atoms with Gasteiger partial charge in [0.1, 0.15) is 6.54 Å². The number of benzene rings is 3. The van der Waals surface area contributed by atoms with Crippen molar-refractivity contribution in [2.45, 2.75) is 25.7 Å². The third kappa shape index (κ3) is 5.76. The Labute approximate surface area is 204 Å². The molecule has 0 fully saturated rings. The van der Waals surface area contributed by atoms with E-state index in [0.717, 1.165) is 4.31 Å².